The van der Waals surface area contributed by atoms with E-state index < -0.39 is 0 Å². The fourth-order valence-corrected chi connectivity index (χ4v) is 11.8. The molecule has 4 aromatic heterocycles. The summed E-state index contributed by atoms with van der Waals surface area (Å²) in [5.74, 6) is 1.83. The van der Waals surface area contributed by atoms with Crippen molar-refractivity contribution in [2.75, 3.05) is 0 Å². The number of thiophene rings is 1. The molecule has 69 heavy (non-hydrogen) atoms. The Morgan fingerprint density at radius 2 is 0.739 bits per heavy atom. The second kappa shape index (κ2) is 15.8. The fraction of sp³-hybridized carbons (Fsp3) is 0. The van der Waals surface area contributed by atoms with Gasteiger partial charge in [-0.25, -0.2) is 15.0 Å². The quantitative estimate of drug-likeness (QED) is 0.160. The predicted molar refractivity (Wildman–Crippen MR) is 289 cm³/mol. The number of hydrogen-bond acceptors (Lipinski definition) is 4. The average Bonchev–Trinajstić information content (AvgIpc) is 4.10. The smallest absolute Gasteiger partial charge is 0.166 e. The third-order valence-corrected chi connectivity index (χ3v) is 14.8. The molecule has 0 saturated carbocycles. The SMILES string of the molecule is c1ccc(-c2ccc(-c3nc(-c4cccc(-c5ccccc5)c4)nc(-c4ccccc4-n4c5ccccc5c5ccc6c7ccc8c9ccccc9n(-c9ccccc9)c8c7sc6c54)n3)cc2)cc1. The van der Waals surface area contributed by atoms with Gasteiger partial charge in [0.1, 0.15) is 0 Å². The van der Waals surface area contributed by atoms with Gasteiger partial charge in [0.25, 0.3) is 0 Å². The van der Waals surface area contributed by atoms with Crippen molar-refractivity contribution in [3.8, 4) is 67.8 Å². The third kappa shape index (κ3) is 6.34. The molecule has 322 valence electrons. The zero-order chi connectivity index (χ0) is 45.4. The van der Waals surface area contributed by atoms with Crippen molar-refractivity contribution in [1.82, 2.24) is 24.1 Å². The predicted octanol–water partition coefficient (Wildman–Crippen LogP) is 16.8. The Kier molecular flexibility index (Phi) is 9.00. The van der Waals surface area contributed by atoms with Crippen LogP contribution in [0, 0.1) is 0 Å². The van der Waals surface area contributed by atoms with Crippen LogP contribution in [0.1, 0.15) is 0 Å². The molecule has 0 amide bonds. The van der Waals surface area contributed by atoms with Crippen molar-refractivity contribution in [2.24, 2.45) is 0 Å². The van der Waals surface area contributed by atoms with Crippen LogP contribution >= 0.6 is 11.3 Å². The lowest BCUT2D eigenvalue weighted by molar-refractivity contribution is 1.06. The van der Waals surface area contributed by atoms with Crippen molar-refractivity contribution in [3.63, 3.8) is 0 Å². The van der Waals surface area contributed by atoms with Gasteiger partial charge in [0.2, 0.25) is 0 Å². The van der Waals surface area contributed by atoms with Gasteiger partial charge in [0.05, 0.1) is 37.2 Å². The minimum absolute atomic E-state index is 0.603. The molecule has 0 N–H and O–H groups in total. The molecule has 6 heteroatoms. The van der Waals surface area contributed by atoms with Crippen LogP contribution in [0.2, 0.25) is 0 Å². The highest BCUT2D eigenvalue weighted by Crippen LogP contribution is 2.48. The Balaban J connectivity index is 1.02. The second-order valence-electron chi connectivity index (χ2n) is 17.5. The van der Waals surface area contributed by atoms with E-state index in [1.54, 1.807) is 0 Å². The summed E-state index contributed by atoms with van der Waals surface area (Å²) >= 11 is 1.89. The second-order valence-corrected chi connectivity index (χ2v) is 18.6. The lowest BCUT2D eigenvalue weighted by Crippen LogP contribution is -2.03. The van der Waals surface area contributed by atoms with Crippen LogP contribution < -0.4 is 0 Å². The van der Waals surface area contributed by atoms with Crippen LogP contribution in [0.25, 0.3) is 132 Å². The molecule has 10 aromatic carbocycles. The highest BCUT2D eigenvalue weighted by Gasteiger charge is 2.24. The summed E-state index contributed by atoms with van der Waals surface area (Å²) in [5.41, 5.74) is 14.1. The Hall–Kier alpha value is -8.97. The van der Waals surface area contributed by atoms with Crippen molar-refractivity contribution < 1.29 is 0 Å². The summed E-state index contributed by atoms with van der Waals surface area (Å²) in [5, 5.41) is 7.38. The first-order chi connectivity index (χ1) is 34.2. The van der Waals surface area contributed by atoms with E-state index in [1.165, 1.54) is 58.3 Å². The summed E-state index contributed by atoms with van der Waals surface area (Å²) in [6, 6.07) is 84.2. The minimum atomic E-state index is 0.603. The first-order valence-electron chi connectivity index (χ1n) is 23.3. The lowest BCUT2D eigenvalue weighted by Gasteiger charge is -2.15. The lowest BCUT2D eigenvalue weighted by atomic mass is 10.0. The molecule has 0 unspecified atom stereocenters. The monoisotopic (exact) mass is 897 g/mol. The number of para-hydroxylation sites is 4. The number of fused-ring (bicyclic) bond motifs is 11. The van der Waals surface area contributed by atoms with Crippen molar-refractivity contribution >= 4 is 75.1 Å². The average molecular weight is 898 g/mol. The summed E-state index contributed by atoms with van der Waals surface area (Å²) < 4.78 is 7.41. The van der Waals surface area contributed by atoms with Crippen LogP contribution in [0.4, 0.5) is 0 Å². The number of nitrogens with zero attached hydrogens (tertiary/aromatic N) is 5. The summed E-state index contributed by atoms with van der Waals surface area (Å²) in [6.07, 6.45) is 0. The molecule has 0 aliphatic rings. The van der Waals surface area contributed by atoms with E-state index in [1.807, 2.05) is 23.5 Å². The summed E-state index contributed by atoms with van der Waals surface area (Å²) in [4.78, 5) is 16.0. The summed E-state index contributed by atoms with van der Waals surface area (Å²) in [7, 11) is 0. The van der Waals surface area contributed by atoms with E-state index >= 15 is 0 Å². The van der Waals surface area contributed by atoms with Gasteiger partial charge >= 0.3 is 0 Å². The molecular formula is C63H39N5S. The van der Waals surface area contributed by atoms with Gasteiger partial charge in [-0.1, -0.05) is 194 Å². The van der Waals surface area contributed by atoms with Gasteiger partial charge in [0, 0.05) is 54.7 Å². The van der Waals surface area contributed by atoms with Gasteiger partial charge in [-0.05, 0) is 64.7 Å². The molecule has 14 rings (SSSR count). The number of aromatic nitrogens is 5. The summed E-state index contributed by atoms with van der Waals surface area (Å²) in [6.45, 7) is 0. The molecule has 0 aliphatic heterocycles. The van der Waals surface area contributed by atoms with Crippen LogP contribution in [-0.2, 0) is 0 Å². The standard InChI is InChI=1S/C63H39N5S/c1-4-17-40(18-5-1)42-31-33-43(34-32-42)61-64-62(45-22-16-21-44(39-45)41-19-6-2-7-20-41)66-63(65-61)53-27-12-15-30-56(53)68-55-29-14-11-26-48(55)50-36-38-52-51-37-35-49-47-25-10-13-28-54(47)67(46-23-8-3-9-24-46)57(49)59(51)69-60(52)58(50)68/h1-39H. The van der Waals surface area contributed by atoms with Crippen molar-refractivity contribution in [1.29, 1.82) is 0 Å². The molecule has 14 aromatic rings. The molecular weight excluding hydrogens is 859 g/mol. The van der Waals surface area contributed by atoms with Crippen LogP contribution in [0.3, 0.4) is 0 Å². The zero-order valence-electron chi connectivity index (χ0n) is 37.2. The Labute approximate surface area is 401 Å². The molecule has 4 heterocycles. The molecule has 0 aliphatic carbocycles. The van der Waals surface area contributed by atoms with E-state index in [-0.39, 0.29) is 0 Å². The third-order valence-electron chi connectivity index (χ3n) is 13.6. The highest BCUT2D eigenvalue weighted by molar-refractivity contribution is 7.27. The van der Waals surface area contributed by atoms with Crippen LogP contribution in [0.15, 0.2) is 237 Å². The van der Waals surface area contributed by atoms with Crippen molar-refractivity contribution in [3.05, 3.63) is 237 Å². The van der Waals surface area contributed by atoms with Gasteiger partial charge in [-0.3, -0.25) is 0 Å². The van der Waals surface area contributed by atoms with Crippen LogP contribution in [0.5, 0.6) is 0 Å². The van der Waals surface area contributed by atoms with E-state index in [0.717, 1.165) is 55.8 Å². The maximum absolute atomic E-state index is 5.38. The molecule has 0 spiro atoms. The normalized spacial score (nSPS) is 11.8. The zero-order valence-corrected chi connectivity index (χ0v) is 38.0. The van der Waals surface area contributed by atoms with Gasteiger partial charge in [-0.2, -0.15) is 0 Å². The Morgan fingerprint density at radius 3 is 1.41 bits per heavy atom. The number of hydrogen-bond donors (Lipinski definition) is 0. The largest absolute Gasteiger partial charge is 0.308 e. The van der Waals surface area contributed by atoms with Crippen molar-refractivity contribution in [2.45, 2.75) is 0 Å². The minimum Gasteiger partial charge on any atom is -0.308 e. The van der Waals surface area contributed by atoms with E-state index in [4.69, 9.17) is 15.0 Å². The fourth-order valence-electron chi connectivity index (χ4n) is 10.4. The molecule has 0 bridgehead atoms. The van der Waals surface area contributed by atoms with Gasteiger partial charge in [-0.15, -0.1) is 11.3 Å². The maximum Gasteiger partial charge on any atom is 0.166 e. The maximum atomic E-state index is 5.38. The molecule has 0 atom stereocenters. The first-order valence-corrected chi connectivity index (χ1v) is 24.1. The van der Waals surface area contributed by atoms with Gasteiger partial charge in [0.15, 0.2) is 17.5 Å². The molecule has 0 radical (unpaired) electrons. The molecule has 5 nitrogen and oxygen atoms in total. The molecule has 0 fully saturated rings. The highest BCUT2D eigenvalue weighted by atomic mass is 32.1. The van der Waals surface area contributed by atoms with E-state index in [9.17, 15) is 0 Å². The van der Waals surface area contributed by atoms with E-state index in [2.05, 4.69) is 234 Å². The number of benzene rings is 10. The molecule has 0 saturated heterocycles. The van der Waals surface area contributed by atoms with Crippen LogP contribution in [-0.4, -0.2) is 24.1 Å². The Bertz CT molecular complexity index is 4280. The first kappa shape index (κ1) is 39.2. The topological polar surface area (TPSA) is 48.5 Å². The van der Waals surface area contributed by atoms with E-state index in [0.29, 0.717) is 17.5 Å². The Morgan fingerprint density at radius 1 is 0.290 bits per heavy atom. The van der Waals surface area contributed by atoms with Gasteiger partial charge < -0.3 is 9.13 Å². The number of rotatable bonds is 7.